The van der Waals surface area contributed by atoms with Gasteiger partial charge in [0.2, 0.25) is 0 Å². The number of phenolic OH excluding ortho intramolecular Hbond substituents is 1. The second-order valence-corrected chi connectivity index (χ2v) is 8.54. The second-order valence-electron chi connectivity index (χ2n) is 8.54. The molecule has 0 saturated carbocycles. The van der Waals surface area contributed by atoms with Crippen LogP contribution in [-0.2, 0) is 9.53 Å². The lowest BCUT2D eigenvalue weighted by Crippen LogP contribution is -2.21. The summed E-state index contributed by atoms with van der Waals surface area (Å²) in [5.74, 6) is 0.586. The van der Waals surface area contributed by atoms with Crippen LogP contribution in [-0.4, -0.2) is 77.0 Å². The number of ether oxygens (including phenoxy) is 2. The molecule has 3 aromatic rings. The molecule has 0 aliphatic carbocycles. The van der Waals surface area contributed by atoms with Crippen LogP contribution >= 0.6 is 0 Å². The number of carbonyl (C=O) groups excluding carboxylic acids is 4. The molecule has 3 N–H and O–H groups in total. The van der Waals surface area contributed by atoms with Crippen molar-refractivity contribution in [2.75, 3.05) is 27.4 Å². The summed E-state index contributed by atoms with van der Waals surface area (Å²) in [6, 6.07) is 21.7. The van der Waals surface area contributed by atoms with Gasteiger partial charge in [-0.25, -0.2) is 4.79 Å². The predicted molar refractivity (Wildman–Crippen MR) is 160 cm³/mol. The van der Waals surface area contributed by atoms with Gasteiger partial charge in [0.1, 0.15) is 30.0 Å². The molecule has 0 aliphatic rings. The lowest BCUT2D eigenvalue weighted by Gasteiger charge is -2.09. The van der Waals surface area contributed by atoms with Crippen molar-refractivity contribution >= 4 is 23.3 Å². The second kappa shape index (κ2) is 23.7. The number of hydrogen-bond acceptors (Lipinski definition) is 11. The summed E-state index contributed by atoms with van der Waals surface area (Å²) >= 11 is 0. The van der Waals surface area contributed by atoms with E-state index in [0.717, 1.165) is 12.6 Å². The van der Waals surface area contributed by atoms with Gasteiger partial charge in [0.05, 0.1) is 19.3 Å². The highest BCUT2D eigenvalue weighted by Gasteiger charge is 2.04. The van der Waals surface area contributed by atoms with E-state index in [1.165, 1.54) is 52.1 Å². The molecule has 0 amide bonds. The fourth-order valence-electron chi connectivity index (χ4n) is 2.42. The van der Waals surface area contributed by atoms with Gasteiger partial charge in [-0.1, -0.05) is 30.3 Å². The van der Waals surface area contributed by atoms with Crippen molar-refractivity contribution in [1.29, 1.82) is 0 Å². The minimum Gasteiger partial charge on any atom is -0.508 e. The van der Waals surface area contributed by atoms with Gasteiger partial charge in [-0.2, -0.15) is 0 Å². The zero-order valence-electron chi connectivity index (χ0n) is 25.1. The maximum Gasteiger partial charge on any atom is 0.337 e. The first-order chi connectivity index (χ1) is 20.1. The van der Waals surface area contributed by atoms with Crippen LogP contribution < -0.4 is 4.74 Å². The number of ketones is 3. The summed E-state index contributed by atoms with van der Waals surface area (Å²) in [6.07, 6.45) is -0.877. The van der Waals surface area contributed by atoms with E-state index in [1.807, 2.05) is 30.3 Å². The zero-order valence-corrected chi connectivity index (χ0v) is 25.1. The molecule has 3 aromatic carbocycles. The van der Waals surface area contributed by atoms with E-state index in [-0.39, 0.29) is 36.3 Å². The van der Waals surface area contributed by atoms with Crippen molar-refractivity contribution < 1.29 is 48.9 Å². The van der Waals surface area contributed by atoms with Gasteiger partial charge < -0.3 is 29.6 Å². The molecule has 0 bridgehead atoms. The first-order valence-corrected chi connectivity index (χ1v) is 12.7. The van der Waals surface area contributed by atoms with Gasteiger partial charge in [-0.3, -0.25) is 19.7 Å². The van der Waals surface area contributed by atoms with Gasteiger partial charge in [-0.05, 0) is 76.2 Å². The summed E-state index contributed by atoms with van der Waals surface area (Å²) in [6.45, 7) is 5.82. The Labute approximate surface area is 250 Å². The Kier molecular flexibility index (Phi) is 22.2. The van der Waals surface area contributed by atoms with Crippen molar-refractivity contribution in [1.82, 2.24) is 0 Å². The molecule has 12 nitrogen and oxygen atoms in total. The Morgan fingerprint density at radius 2 is 1.19 bits per heavy atom. The van der Waals surface area contributed by atoms with Gasteiger partial charge in [-0.15, -0.1) is 0 Å². The van der Waals surface area contributed by atoms with Crippen LogP contribution in [0.3, 0.4) is 0 Å². The third-order valence-corrected chi connectivity index (χ3v) is 4.38. The van der Waals surface area contributed by atoms with E-state index in [1.54, 1.807) is 31.2 Å². The zero-order chi connectivity index (χ0) is 33.4. The van der Waals surface area contributed by atoms with Crippen molar-refractivity contribution in [2.24, 2.45) is 0 Å². The molecule has 0 saturated heterocycles. The highest BCUT2D eigenvalue weighted by Crippen LogP contribution is 2.13. The van der Waals surface area contributed by atoms with E-state index in [9.17, 15) is 19.2 Å². The van der Waals surface area contributed by atoms with Crippen LogP contribution in [0.2, 0.25) is 0 Å². The number of Topliss-reactive ketones (excluding diaryl/α,β-unsaturated/α-hetero) is 3. The lowest BCUT2D eigenvalue weighted by atomic mass is 10.1. The Bertz CT molecular complexity index is 1220. The number of nitro groups is 1. The number of benzene rings is 3. The van der Waals surface area contributed by atoms with Crippen LogP contribution in [0.5, 0.6) is 11.5 Å². The fraction of sp³-hybridized carbons (Fsp3) is 0.290. The quantitative estimate of drug-likeness (QED) is 0.152. The third kappa shape index (κ3) is 23.5. The molecule has 0 heterocycles. The van der Waals surface area contributed by atoms with E-state index in [4.69, 9.17) is 30.2 Å². The van der Waals surface area contributed by atoms with Crippen LogP contribution in [0.25, 0.3) is 0 Å². The Balaban J connectivity index is 0. The average Bonchev–Trinajstić information content (AvgIpc) is 2.96. The molecule has 43 heavy (non-hydrogen) atoms. The van der Waals surface area contributed by atoms with E-state index < -0.39 is 17.0 Å². The molecular formula is C31H39NO11. The molecular weight excluding hydrogens is 562 g/mol. The molecule has 0 aromatic heterocycles. The third-order valence-electron chi connectivity index (χ3n) is 4.38. The first-order valence-electron chi connectivity index (χ1n) is 12.7. The van der Waals surface area contributed by atoms with Gasteiger partial charge in [0.15, 0.2) is 18.6 Å². The molecule has 0 aliphatic heterocycles. The molecule has 1 unspecified atom stereocenters. The number of methoxy groups -OCH3 is 1. The Hall–Kier alpha value is -4.94. The highest BCUT2D eigenvalue weighted by molar-refractivity contribution is 5.94. The average molecular weight is 602 g/mol. The van der Waals surface area contributed by atoms with Crippen LogP contribution in [0, 0.1) is 10.1 Å². The van der Waals surface area contributed by atoms with E-state index in [2.05, 4.69) is 4.74 Å². The normalized spacial score (nSPS) is 9.67. The predicted octanol–water partition coefficient (Wildman–Crippen LogP) is 4.18. The minimum atomic E-state index is -0.877. The summed E-state index contributed by atoms with van der Waals surface area (Å²) in [7, 11) is 2.20. The number of aliphatic hydroxyl groups excluding tert-OH is 2. The molecule has 0 fully saturated rings. The molecule has 0 spiro atoms. The number of phenols is 1. The largest absolute Gasteiger partial charge is 0.508 e. The maximum atomic E-state index is 11.0. The fourth-order valence-corrected chi connectivity index (χ4v) is 2.42. The van der Waals surface area contributed by atoms with Crippen molar-refractivity contribution in [3.63, 3.8) is 0 Å². The molecule has 3 rings (SSSR count). The van der Waals surface area contributed by atoms with Crippen molar-refractivity contribution in [3.05, 3.63) is 106 Å². The van der Waals surface area contributed by atoms with E-state index >= 15 is 0 Å². The van der Waals surface area contributed by atoms with Crippen molar-refractivity contribution in [3.8, 4) is 11.5 Å². The molecule has 234 valence electrons. The number of hydrogen-bond donors (Lipinski definition) is 3. The van der Waals surface area contributed by atoms with Crippen LogP contribution in [0.1, 0.15) is 58.8 Å². The summed E-state index contributed by atoms with van der Waals surface area (Å²) in [5.41, 5.74) is 1.83. The Morgan fingerprint density at radius 3 is 1.53 bits per heavy atom. The minimum absolute atomic E-state index is 0.00283. The van der Waals surface area contributed by atoms with Crippen molar-refractivity contribution in [2.45, 2.75) is 33.8 Å². The number of esters is 1. The number of carbonyl (C=O) groups is 4. The molecule has 0 radical (unpaired) electrons. The SMILES string of the molecule is CC(=O)c1ccc(OCC(O)CO)cc1.CC(=O)c1ccccc1.CC(C)=O.COC(=O)c1ccc(O)cc1.C[N+](=O)[O-]. The number of nitrogens with zero attached hydrogens (tertiary/aromatic N) is 1. The van der Waals surface area contributed by atoms with Gasteiger partial charge in [0, 0.05) is 16.1 Å². The highest BCUT2D eigenvalue weighted by atomic mass is 16.6. The summed E-state index contributed by atoms with van der Waals surface area (Å²) < 4.78 is 9.63. The number of aliphatic hydroxyl groups is 2. The van der Waals surface area contributed by atoms with Gasteiger partial charge in [0.25, 0.3) is 0 Å². The standard InChI is InChI=1S/C11H14O4.C8H8O3.C8H8O.C3H6O.CH3NO2/c1-8(13)9-2-4-11(5-3-9)15-7-10(14)6-12;1-11-8(10)6-2-4-7(9)5-3-6;1-7(9)8-5-3-2-4-6-8;1-3(2)4;1-2(3)4/h2-5,10,12,14H,6-7H2,1H3;2-5,9H,1H3;2-6H,1H3;1-2H3;1H3. The molecule has 12 heteroatoms. The smallest absolute Gasteiger partial charge is 0.337 e. The maximum absolute atomic E-state index is 11.0. The monoisotopic (exact) mass is 601 g/mol. The lowest BCUT2D eigenvalue weighted by molar-refractivity contribution is -0.445. The van der Waals surface area contributed by atoms with Gasteiger partial charge >= 0.3 is 5.97 Å². The topological polar surface area (TPSA) is 191 Å². The first kappa shape index (κ1) is 40.2. The number of aromatic hydroxyl groups is 1. The summed E-state index contributed by atoms with van der Waals surface area (Å²) in [5, 5.41) is 35.3. The summed E-state index contributed by atoms with van der Waals surface area (Å²) in [4.78, 5) is 50.2. The van der Waals surface area contributed by atoms with Crippen LogP contribution in [0.4, 0.5) is 0 Å². The van der Waals surface area contributed by atoms with Crippen LogP contribution in [0.15, 0.2) is 78.9 Å². The number of rotatable bonds is 7. The van der Waals surface area contributed by atoms with E-state index in [0.29, 0.717) is 16.9 Å². The Morgan fingerprint density at radius 1 is 0.791 bits per heavy atom. The molecule has 1 atom stereocenters.